The Balaban J connectivity index is 1.62. The average Bonchev–Trinajstić information content (AvgIpc) is 3.62. The summed E-state index contributed by atoms with van der Waals surface area (Å²) in [6.07, 6.45) is 10.4. The van der Waals surface area contributed by atoms with Crippen molar-refractivity contribution in [3.63, 3.8) is 0 Å². The third-order valence-corrected chi connectivity index (χ3v) is 7.17. The van der Waals surface area contributed by atoms with E-state index in [1.54, 1.807) is 6.92 Å². The van der Waals surface area contributed by atoms with Crippen molar-refractivity contribution in [3.8, 4) is 0 Å². The van der Waals surface area contributed by atoms with Gasteiger partial charge in [-0.2, -0.15) is 0 Å². The van der Waals surface area contributed by atoms with Crippen molar-refractivity contribution in [2.24, 2.45) is 5.92 Å². The fourth-order valence-corrected chi connectivity index (χ4v) is 5.00. The molecule has 1 aliphatic carbocycles. The largest absolute Gasteiger partial charge is 0.381 e. The molecule has 0 spiro atoms. The number of rotatable bonds is 4. The van der Waals surface area contributed by atoms with Crippen LogP contribution in [0, 0.1) is 5.92 Å². The Morgan fingerprint density at radius 1 is 1.00 bits per heavy atom. The second kappa shape index (κ2) is 11.3. The first-order valence-electron chi connectivity index (χ1n) is 12.6. The first kappa shape index (κ1) is 23.2. The fraction of sp³-hybridized carbons (Fsp3) is 0.692. The molecule has 32 heavy (non-hydrogen) atoms. The van der Waals surface area contributed by atoms with Gasteiger partial charge in [0.1, 0.15) is 0 Å². The number of nitrogens with one attached hydrogen (secondary N) is 1. The Bertz CT molecular complexity index is 787. The van der Waals surface area contributed by atoms with E-state index in [0.29, 0.717) is 17.5 Å². The van der Waals surface area contributed by atoms with Crippen LogP contribution in [0.5, 0.6) is 0 Å². The molecule has 2 amide bonds. The quantitative estimate of drug-likeness (QED) is 0.763. The van der Waals surface area contributed by atoms with E-state index < -0.39 is 0 Å². The lowest BCUT2D eigenvalue weighted by atomic mass is 10.0. The SMILES string of the molecule is CC(=O)N1CCCCCCCN(C2CCOCC2)Cc2cc(C(=O)NCC3CC3)ccc21. The van der Waals surface area contributed by atoms with Gasteiger partial charge < -0.3 is 15.0 Å². The molecule has 2 heterocycles. The number of anilines is 1. The second-order valence-corrected chi connectivity index (χ2v) is 9.75. The molecule has 1 aromatic rings. The summed E-state index contributed by atoms with van der Waals surface area (Å²) >= 11 is 0. The molecular weight excluding hydrogens is 402 g/mol. The summed E-state index contributed by atoms with van der Waals surface area (Å²) in [7, 11) is 0. The predicted octanol–water partition coefficient (Wildman–Crippen LogP) is 4.12. The number of hydrogen-bond donors (Lipinski definition) is 1. The van der Waals surface area contributed by atoms with Crippen molar-refractivity contribution in [1.82, 2.24) is 10.2 Å². The lowest BCUT2D eigenvalue weighted by Gasteiger charge is -2.36. The molecule has 0 atom stereocenters. The number of hydrogen-bond acceptors (Lipinski definition) is 4. The maximum atomic E-state index is 12.8. The molecule has 4 rings (SSSR count). The van der Waals surface area contributed by atoms with Crippen molar-refractivity contribution in [2.75, 3.05) is 37.7 Å². The Hall–Kier alpha value is -1.92. The number of fused-ring (bicyclic) bond motifs is 1. The van der Waals surface area contributed by atoms with E-state index in [4.69, 9.17) is 4.74 Å². The first-order valence-corrected chi connectivity index (χ1v) is 12.6. The molecule has 6 nitrogen and oxygen atoms in total. The van der Waals surface area contributed by atoms with Gasteiger partial charge in [-0.3, -0.25) is 14.5 Å². The van der Waals surface area contributed by atoms with E-state index in [-0.39, 0.29) is 11.8 Å². The normalized spacial score (nSPS) is 21.8. The summed E-state index contributed by atoms with van der Waals surface area (Å²) in [6.45, 7) is 6.63. The summed E-state index contributed by atoms with van der Waals surface area (Å²) in [4.78, 5) is 29.9. The minimum Gasteiger partial charge on any atom is -0.381 e. The van der Waals surface area contributed by atoms with Crippen LogP contribution in [0.15, 0.2) is 18.2 Å². The third kappa shape index (κ3) is 6.32. The van der Waals surface area contributed by atoms with Gasteiger partial charge in [0.15, 0.2) is 0 Å². The number of carbonyl (C=O) groups is 2. The zero-order chi connectivity index (χ0) is 22.3. The summed E-state index contributed by atoms with van der Waals surface area (Å²) in [5, 5.41) is 3.10. The summed E-state index contributed by atoms with van der Waals surface area (Å²) in [5.41, 5.74) is 2.76. The van der Waals surface area contributed by atoms with Crippen LogP contribution in [0.2, 0.25) is 0 Å². The highest BCUT2D eigenvalue weighted by Crippen LogP contribution is 2.29. The lowest BCUT2D eigenvalue weighted by Crippen LogP contribution is -2.40. The van der Waals surface area contributed by atoms with Gasteiger partial charge in [0.25, 0.3) is 5.91 Å². The van der Waals surface area contributed by atoms with E-state index in [0.717, 1.165) is 76.3 Å². The number of carbonyl (C=O) groups excluding carboxylic acids is 2. The maximum Gasteiger partial charge on any atom is 0.251 e. The van der Waals surface area contributed by atoms with Crippen LogP contribution >= 0.6 is 0 Å². The van der Waals surface area contributed by atoms with Crippen molar-refractivity contribution in [2.45, 2.75) is 77.3 Å². The van der Waals surface area contributed by atoms with Gasteiger partial charge in [-0.25, -0.2) is 0 Å². The van der Waals surface area contributed by atoms with Crippen LogP contribution < -0.4 is 10.2 Å². The monoisotopic (exact) mass is 441 g/mol. The number of ether oxygens (including phenoxy) is 1. The standard InChI is InChI=1S/C26H39N3O3/c1-20(30)29-14-6-4-2-3-5-13-28(24-11-15-32-16-12-24)19-23-17-22(9-10-25(23)29)26(31)27-18-21-7-8-21/h9-10,17,21,24H,2-8,11-16,18-19H2,1H3,(H,27,31). The topological polar surface area (TPSA) is 61.9 Å². The Labute approximate surface area is 192 Å². The fourth-order valence-electron chi connectivity index (χ4n) is 5.00. The number of nitrogens with zero attached hydrogens (tertiary/aromatic N) is 2. The minimum atomic E-state index is -0.00203. The Morgan fingerprint density at radius 2 is 1.72 bits per heavy atom. The third-order valence-electron chi connectivity index (χ3n) is 7.17. The molecule has 1 aromatic carbocycles. The van der Waals surface area contributed by atoms with Gasteiger partial charge >= 0.3 is 0 Å². The molecule has 1 N–H and O–H groups in total. The van der Waals surface area contributed by atoms with Crippen LogP contribution in [0.3, 0.4) is 0 Å². The van der Waals surface area contributed by atoms with Crippen molar-refractivity contribution >= 4 is 17.5 Å². The molecule has 0 radical (unpaired) electrons. The molecule has 2 fully saturated rings. The molecule has 0 unspecified atom stereocenters. The highest BCUT2D eigenvalue weighted by Gasteiger charge is 2.26. The second-order valence-electron chi connectivity index (χ2n) is 9.75. The lowest BCUT2D eigenvalue weighted by molar-refractivity contribution is -0.116. The average molecular weight is 442 g/mol. The van der Waals surface area contributed by atoms with Gasteiger partial charge in [-0.05, 0) is 74.8 Å². The van der Waals surface area contributed by atoms with Crippen molar-refractivity contribution in [1.29, 1.82) is 0 Å². The molecule has 0 aromatic heterocycles. The first-order chi connectivity index (χ1) is 15.6. The van der Waals surface area contributed by atoms with Gasteiger partial charge in [0.2, 0.25) is 5.91 Å². The number of benzene rings is 1. The van der Waals surface area contributed by atoms with Crippen LogP contribution in [0.25, 0.3) is 0 Å². The summed E-state index contributed by atoms with van der Waals surface area (Å²) in [5.74, 6) is 0.727. The van der Waals surface area contributed by atoms with Crippen molar-refractivity contribution < 1.29 is 14.3 Å². The van der Waals surface area contributed by atoms with Gasteiger partial charge in [0, 0.05) is 57.1 Å². The Kier molecular flexibility index (Phi) is 8.20. The van der Waals surface area contributed by atoms with Crippen LogP contribution in [-0.4, -0.2) is 55.6 Å². The van der Waals surface area contributed by atoms with E-state index in [1.165, 1.54) is 32.1 Å². The molecule has 2 aliphatic heterocycles. The van der Waals surface area contributed by atoms with Crippen molar-refractivity contribution in [3.05, 3.63) is 29.3 Å². The molecule has 6 heteroatoms. The molecule has 1 saturated carbocycles. The molecule has 176 valence electrons. The number of amides is 2. The molecular formula is C26H39N3O3. The Morgan fingerprint density at radius 3 is 2.44 bits per heavy atom. The van der Waals surface area contributed by atoms with E-state index in [1.807, 2.05) is 23.1 Å². The zero-order valence-electron chi connectivity index (χ0n) is 19.6. The van der Waals surface area contributed by atoms with E-state index in [2.05, 4.69) is 10.2 Å². The summed E-state index contributed by atoms with van der Waals surface area (Å²) < 4.78 is 5.62. The van der Waals surface area contributed by atoms with Gasteiger partial charge in [-0.15, -0.1) is 0 Å². The summed E-state index contributed by atoms with van der Waals surface area (Å²) in [6, 6.07) is 6.42. The maximum absolute atomic E-state index is 12.8. The smallest absolute Gasteiger partial charge is 0.251 e. The molecule has 3 aliphatic rings. The van der Waals surface area contributed by atoms with Crippen LogP contribution in [-0.2, 0) is 16.1 Å². The van der Waals surface area contributed by atoms with Gasteiger partial charge in [-0.1, -0.05) is 19.3 Å². The van der Waals surface area contributed by atoms with E-state index in [9.17, 15) is 9.59 Å². The van der Waals surface area contributed by atoms with E-state index >= 15 is 0 Å². The molecule has 1 saturated heterocycles. The highest BCUT2D eigenvalue weighted by atomic mass is 16.5. The van der Waals surface area contributed by atoms with Crippen LogP contribution in [0.4, 0.5) is 5.69 Å². The van der Waals surface area contributed by atoms with Gasteiger partial charge in [0.05, 0.1) is 0 Å². The predicted molar refractivity (Wildman–Crippen MR) is 127 cm³/mol. The van der Waals surface area contributed by atoms with Crippen LogP contribution in [0.1, 0.15) is 80.6 Å². The highest BCUT2D eigenvalue weighted by molar-refractivity contribution is 5.97. The minimum absolute atomic E-state index is 0.00203. The molecule has 0 bridgehead atoms. The zero-order valence-corrected chi connectivity index (χ0v) is 19.6.